The maximum Gasteiger partial charge on any atom is 0.0952 e. The zero-order valence-electron chi connectivity index (χ0n) is 7.92. The van der Waals surface area contributed by atoms with E-state index in [9.17, 15) is 0 Å². The lowest BCUT2D eigenvalue weighted by molar-refractivity contribution is 0.0568. The lowest BCUT2D eigenvalue weighted by atomic mass is 9.99. The van der Waals surface area contributed by atoms with Crippen molar-refractivity contribution >= 4 is 0 Å². The Balaban J connectivity index is 2.26. The summed E-state index contributed by atoms with van der Waals surface area (Å²) in [7, 11) is 0. The zero-order chi connectivity index (χ0) is 9.10. The third-order valence-electron chi connectivity index (χ3n) is 2.42. The molecule has 1 aromatic carbocycles. The van der Waals surface area contributed by atoms with Crippen LogP contribution >= 0.6 is 0 Å². The first kappa shape index (κ1) is 8.73. The molecule has 2 heteroatoms. The number of hydrogen-bond donors (Lipinski definition) is 1. The monoisotopic (exact) mass is 177 g/mol. The third-order valence-corrected chi connectivity index (χ3v) is 2.42. The minimum absolute atomic E-state index is 0.245. The second-order valence-corrected chi connectivity index (χ2v) is 3.27. The van der Waals surface area contributed by atoms with Crippen LogP contribution in [0.3, 0.4) is 0 Å². The predicted molar refractivity (Wildman–Crippen MR) is 52.5 cm³/mol. The minimum atomic E-state index is 0.245. The van der Waals surface area contributed by atoms with Crippen molar-refractivity contribution in [3.63, 3.8) is 0 Å². The van der Waals surface area contributed by atoms with Crippen LogP contribution in [0.2, 0.25) is 0 Å². The summed E-state index contributed by atoms with van der Waals surface area (Å²) in [6, 6.07) is 8.48. The van der Waals surface area contributed by atoms with Crippen LogP contribution in [0, 0.1) is 0 Å². The van der Waals surface area contributed by atoms with E-state index in [4.69, 9.17) is 4.74 Å². The van der Waals surface area contributed by atoms with Crippen molar-refractivity contribution in [3.05, 3.63) is 35.4 Å². The molecule has 1 atom stereocenters. The van der Waals surface area contributed by atoms with Gasteiger partial charge in [-0.15, -0.1) is 0 Å². The van der Waals surface area contributed by atoms with Crippen molar-refractivity contribution in [1.82, 2.24) is 5.32 Å². The molecule has 0 saturated carbocycles. The van der Waals surface area contributed by atoms with Crippen molar-refractivity contribution < 1.29 is 4.74 Å². The Kier molecular flexibility index (Phi) is 2.62. The Morgan fingerprint density at radius 1 is 1.46 bits per heavy atom. The zero-order valence-corrected chi connectivity index (χ0v) is 7.92. The topological polar surface area (TPSA) is 21.3 Å². The molecular formula is C11H15NO. The van der Waals surface area contributed by atoms with Gasteiger partial charge in [-0.3, -0.25) is 0 Å². The van der Waals surface area contributed by atoms with Crippen molar-refractivity contribution in [2.24, 2.45) is 0 Å². The predicted octanol–water partition coefficient (Wildman–Crippen LogP) is 1.87. The van der Waals surface area contributed by atoms with E-state index in [1.807, 2.05) is 6.92 Å². The molecule has 2 rings (SSSR count). The van der Waals surface area contributed by atoms with Gasteiger partial charge in [-0.2, -0.15) is 0 Å². The fraction of sp³-hybridized carbons (Fsp3) is 0.455. The van der Waals surface area contributed by atoms with Gasteiger partial charge in [0.15, 0.2) is 0 Å². The van der Waals surface area contributed by atoms with Gasteiger partial charge in [-0.25, -0.2) is 0 Å². The molecule has 1 aliphatic heterocycles. The highest BCUT2D eigenvalue weighted by molar-refractivity contribution is 5.31. The molecule has 0 aromatic heterocycles. The van der Waals surface area contributed by atoms with Gasteiger partial charge in [0, 0.05) is 19.7 Å². The van der Waals surface area contributed by atoms with Crippen molar-refractivity contribution in [1.29, 1.82) is 0 Å². The molecule has 2 nitrogen and oxygen atoms in total. The first-order chi connectivity index (χ1) is 6.42. The number of fused-ring (bicyclic) bond motifs is 1. The second kappa shape index (κ2) is 3.90. The average molecular weight is 177 g/mol. The molecule has 0 radical (unpaired) electrons. The first-order valence-corrected chi connectivity index (χ1v) is 4.82. The van der Waals surface area contributed by atoms with E-state index in [-0.39, 0.29) is 6.10 Å². The van der Waals surface area contributed by atoms with Gasteiger partial charge < -0.3 is 10.1 Å². The molecule has 0 saturated heterocycles. The number of benzene rings is 1. The molecule has 0 bridgehead atoms. The summed E-state index contributed by atoms with van der Waals surface area (Å²) >= 11 is 0. The smallest absolute Gasteiger partial charge is 0.0952 e. The molecular weight excluding hydrogens is 162 g/mol. The molecule has 1 heterocycles. The van der Waals surface area contributed by atoms with Crippen LogP contribution in [0.5, 0.6) is 0 Å². The van der Waals surface area contributed by atoms with Crippen LogP contribution in [0.25, 0.3) is 0 Å². The molecule has 70 valence electrons. The van der Waals surface area contributed by atoms with Crippen LogP contribution in [0.1, 0.15) is 24.2 Å². The van der Waals surface area contributed by atoms with Crippen LogP contribution in [0.15, 0.2) is 24.3 Å². The summed E-state index contributed by atoms with van der Waals surface area (Å²) < 4.78 is 5.65. The average Bonchev–Trinajstić information content (AvgIpc) is 2.19. The Morgan fingerprint density at radius 3 is 3.15 bits per heavy atom. The first-order valence-electron chi connectivity index (χ1n) is 4.82. The molecule has 1 aliphatic rings. The summed E-state index contributed by atoms with van der Waals surface area (Å²) in [6.45, 7) is 4.72. The molecule has 0 amide bonds. The fourth-order valence-electron chi connectivity index (χ4n) is 1.81. The lowest BCUT2D eigenvalue weighted by Crippen LogP contribution is -2.29. The van der Waals surface area contributed by atoms with Gasteiger partial charge in [0.25, 0.3) is 0 Å². The van der Waals surface area contributed by atoms with Crippen LogP contribution in [-0.2, 0) is 11.3 Å². The Labute approximate surface area is 78.9 Å². The van der Waals surface area contributed by atoms with E-state index in [2.05, 4.69) is 29.6 Å². The minimum Gasteiger partial charge on any atom is -0.372 e. The summed E-state index contributed by atoms with van der Waals surface area (Å²) in [5, 5.41) is 3.35. The largest absolute Gasteiger partial charge is 0.372 e. The van der Waals surface area contributed by atoms with Crippen LogP contribution in [0.4, 0.5) is 0 Å². The SMILES string of the molecule is CCOC1CNCc2ccccc21. The number of rotatable bonds is 2. The normalized spacial score (nSPS) is 21.2. The van der Waals surface area contributed by atoms with Gasteiger partial charge >= 0.3 is 0 Å². The van der Waals surface area contributed by atoms with Crippen molar-refractivity contribution in [2.45, 2.75) is 19.6 Å². The maximum absolute atomic E-state index is 5.65. The maximum atomic E-state index is 5.65. The molecule has 1 N–H and O–H groups in total. The molecule has 1 unspecified atom stereocenters. The van der Waals surface area contributed by atoms with Gasteiger partial charge in [-0.05, 0) is 18.1 Å². The highest BCUT2D eigenvalue weighted by Gasteiger charge is 2.18. The van der Waals surface area contributed by atoms with Crippen molar-refractivity contribution in [2.75, 3.05) is 13.2 Å². The van der Waals surface area contributed by atoms with Gasteiger partial charge in [0.05, 0.1) is 6.10 Å². The summed E-state index contributed by atoms with van der Waals surface area (Å²) in [5.41, 5.74) is 2.72. The van der Waals surface area contributed by atoms with E-state index < -0.39 is 0 Å². The highest BCUT2D eigenvalue weighted by Crippen LogP contribution is 2.24. The van der Waals surface area contributed by atoms with Crippen LogP contribution < -0.4 is 5.32 Å². The number of nitrogens with one attached hydrogen (secondary N) is 1. The fourth-order valence-corrected chi connectivity index (χ4v) is 1.81. The van der Waals surface area contributed by atoms with E-state index >= 15 is 0 Å². The van der Waals surface area contributed by atoms with Gasteiger partial charge in [0.1, 0.15) is 0 Å². The Bertz CT molecular complexity index is 285. The molecule has 0 fully saturated rings. The van der Waals surface area contributed by atoms with Crippen molar-refractivity contribution in [3.8, 4) is 0 Å². The number of ether oxygens (including phenoxy) is 1. The molecule has 13 heavy (non-hydrogen) atoms. The van der Waals surface area contributed by atoms with E-state index in [0.29, 0.717) is 0 Å². The van der Waals surface area contributed by atoms with Gasteiger partial charge in [-0.1, -0.05) is 24.3 Å². The standard InChI is InChI=1S/C11H15NO/c1-2-13-11-8-12-7-9-5-3-4-6-10(9)11/h3-6,11-12H,2,7-8H2,1H3. The second-order valence-electron chi connectivity index (χ2n) is 3.27. The summed E-state index contributed by atoms with van der Waals surface area (Å²) in [4.78, 5) is 0. The molecule has 0 aliphatic carbocycles. The quantitative estimate of drug-likeness (QED) is 0.744. The number of hydrogen-bond acceptors (Lipinski definition) is 2. The Hall–Kier alpha value is -0.860. The highest BCUT2D eigenvalue weighted by atomic mass is 16.5. The lowest BCUT2D eigenvalue weighted by Gasteiger charge is -2.25. The summed E-state index contributed by atoms with van der Waals surface area (Å²) in [5.74, 6) is 0. The van der Waals surface area contributed by atoms with Gasteiger partial charge in [0.2, 0.25) is 0 Å². The van der Waals surface area contributed by atoms with E-state index in [1.54, 1.807) is 0 Å². The van der Waals surface area contributed by atoms with E-state index in [1.165, 1.54) is 11.1 Å². The summed E-state index contributed by atoms with van der Waals surface area (Å²) in [6.07, 6.45) is 0.245. The third kappa shape index (κ3) is 1.74. The molecule has 1 aromatic rings. The van der Waals surface area contributed by atoms with Crippen LogP contribution in [-0.4, -0.2) is 13.2 Å². The van der Waals surface area contributed by atoms with E-state index in [0.717, 1.165) is 19.7 Å². The molecule has 0 spiro atoms. The Morgan fingerprint density at radius 2 is 2.31 bits per heavy atom.